The van der Waals surface area contributed by atoms with Crippen LogP contribution in [-0.4, -0.2) is 26.1 Å². The molecule has 6 nitrogen and oxygen atoms in total. The van der Waals surface area contributed by atoms with Crippen molar-refractivity contribution in [3.8, 4) is 5.69 Å². The van der Waals surface area contributed by atoms with Crippen LogP contribution in [0.3, 0.4) is 0 Å². The number of thiophene rings is 1. The number of halogens is 2. The number of nitrogens with zero attached hydrogens (tertiary/aromatic N) is 4. The molecular weight excluding hydrogens is 333 g/mol. The van der Waals surface area contributed by atoms with Crippen molar-refractivity contribution in [2.45, 2.75) is 0 Å². The molecule has 3 rings (SSSR count). The van der Waals surface area contributed by atoms with E-state index in [1.54, 1.807) is 18.2 Å². The molecule has 0 aliphatic heterocycles. The molecule has 2 heterocycles. The van der Waals surface area contributed by atoms with E-state index in [2.05, 4.69) is 20.8 Å². The van der Waals surface area contributed by atoms with Crippen LogP contribution in [0.4, 0.5) is 5.69 Å². The first kappa shape index (κ1) is 14.0. The van der Waals surface area contributed by atoms with Crippen LogP contribution in [0.25, 0.3) is 5.69 Å². The number of rotatable bonds is 3. The van der Waals surface area contributed by atoms with Gasteiger partial charge in [-0.15, -0.1) is 16.4 Å². The van der Waals surface area contributed by atoms with Gasteiger partial charge < -0.3 is 5.32 Å². The van der Waals surface area contributed by atoms with Gasteiger partial charge in [0, 0.05) is 5.69 Å². The third kappa shape index (κ3) is 3.05. The van der Waals surface area contributed by atoms with E-state index >= 15 is 0 Å². The maximum atomic E-state index is 12.2. The van der Waals surface area contributed by atoms with E-state index in [0.29, 0.717) is 19.9 Å². The molecule has 0 aliphatic rings. The SMILES string of the molecule is O=C(Nc1cccc(-n2cnnn2)c1)c1cc(Cl)sc1Cl. The number of carbonyl (C=O) groups is 1. The molecule has 0 saturated heterocycles. The highest BCUT2D eigenvalue weighted by Gasteiger charge is 2.14. The van der Waals surface area contributed by atoms with Crippen LogP contribution in [0.2, 0.25) is 8.67 Å². The molecular formula is C12H7Cl2N5OS. The first-order valence-electron chi connectivity index (χ1n) is 5.73. The number of amides is 1. The summed E-state index contributed by atoms with van der Waals surface area (Å²) in [5.74, 6) is -0.322. The van der Waals surface area contributed by atoms with Gasteiger partial charge in [-0.25, -0.2) is 4.68 Å². The van der Waals surface area contributed by atoms with Gasteiger partial charge in [0.25, 0.3) is 5.91 Å². The van der Waals surface area contributed by atoms with E-state index in [4.69, 9.17) is 23.2 Å². The first-order valence-corrected chi connectivity index (χ1v) is 7.30. The minimum absolute atomic E-state index is 0.322. The van der Waals surface area contributed by atoms with Gasteiger partial charge in [0.2, 0.25) is 0 Å². The summed E-state index contributed by atoms with van der Waals surface area (Å²) < 4.78 is 2.31. The summed E-state index contributed by atoms with van der Waals surface area (Å²) in [6.45, 7) is 0. The quantitative estimate of drug-likeness (QED) is 0.794. The van der Waals surface area contributed by atoms with Gasteiger partial charge in [-0.05, 0) is 34.7 Å². The lowest BCUT2D eigenvalue weighted by molar-refractivity contribution is 0.102. The molecule has 0 radical (unpaired) electrons. The molecule has 1 N–H and O–H groups in total. The van der Waals surface area contributed by atoms with Crippen molar-refractivity contribution in [3.63, 3.8) is 0 Å². The third-order valence-corrected chi connectivity index (χ3v) is 4.11. The predicted molar refractivity (Wildman–Crippen MR) is 81.4 cm³/mol. The summed E-state index contributed by atoms with van der Waals surface area (Å²) in [4.78, 5) is 12.2. The molecule has 1 amide bonds. The zero-order valence-corrected chi connectivity index (χ0v) is 12.7. The van der Waals surface area contributed by atoms with E-state index < -0.39 is 0 Å². The van der Waals surface area contributed by atoms with Gasteiger partial charge in [-0.2, -0.15) is 0 Å². The number of aromatic nitrogens is 4. The Labute approximate surface area is 133 Å². The Bertz CT molecular complexity index is 787. The molecule has 3 aromatic rings. The molecule has 0 spiro atoms. The number of anilines is 1. The zero-order chi connectivity index (χ0) is 14.8. The van der Waals surface area contributed by atoms with E-state index in [9.17, 15) is 4.79 Å². The van der Waals surface area contributed by atoms with Crippen LogP contribution >= 0.6 is 34.5 Å². The van der Waals surface area contributed by atoms with E-state index in [1.807, 2.05) is 6.07 Å². The maximum Gasteiger partial charge on any atom is 0.258 e. The molecule has 21 heavy (non-hydrogen) atoms. The highest BCUT2D eigenvalue weighted by Crippen LogP contribution is 2.31. The summed E-state index contributed by atoms with van der Waals surface area (Å²) in [6.07, 6.45) is 1.47. The first-order chi connectivity index (χ1) is 10.1. The minimum atomic E-state index is -0.322. The van der Waals surface area contributed by atoms with Crippen LogP contribution in [0.1, 0.15) is 10.4 Å². The van der Waals surface area contributed by atoms with Crippen LogP contribution < -0.4 is 5.32 Å². The fourth-order valence-corrected chi connectivity index (χ4v) is 3.16. The number of tetrazole rings is 1. The Hall–Kier alpha value is -1.96. The van der Waals surface area contributed by atoms with Crippen molar-refractivity contribution in [1.82, 2.24) is 20.2 Å². The Balaban J connectivity index is 1.84. The molecule has 0 bridgehead atoms. The summed E-state index contributed by atoms with van der Waals surface area (Å²) in [6, 6.07) is 8.65. The summed E-state index contributed by atoms with van der Waals surface area (Å²) in [5, 5.41) is 13.7. The average molecular weight is 340 g/mol. The standard InChI is InChI=1S/C12H7Cl2N5OS/c13-10-5-9(11(14)21-10)12(20)16-7-2-1-3-8(4-7)19-6-15-17-18-19/h1-6H,(H,16,20). The van der Waals surface area contributed by atoms with Crippen LogP contribution in [-0.2, 0) is 0 Å². The van der Waals surface area contributed by atoms with E-state index in [1.165, 1.54) is 17.1 Å². The lowest BCUT2D eigenvalue weighted by Crippen LogP contribution is -2.11. The molecule has 0 aliphatic carbocycles. The Kier molecular flexibility index (Phi) is 3.87. The number of hydrogen-bond donors (Lipinski definition) is 1. The van der Waals surface area contributed by atoms with Crippen LogP contribution in [0.15, 0.2) is 36.7 Å². The smallest absolute Gasteiger partial charge is 0.258 e. The van der Waals surface area contributed by atoms with Crippen LogP contribution in [0.5, 0.6) is 0 Å². The Morgan fingerprint density at radius 1 is 1.29 bits per heavy atom. The molecule has 0 fully saturated rings. The van der Waals surface area contributed by atoms with Gasteiger partial charge in [-0.3, -0.25) is 4.79 Å². The normalized spacial score (nSPS) is 10.6. The lowest BCUT2D eigenvalue weighted by atomic mass is 10.2. The van der Waals surface area contributed by atoms with Crippen molar-refractivity contribution < 1.29 is 4.79 Å². The summed E-state index contributed by atoms with van der Waals surface area (Å²) in [5.41, 5.74) is 1.68. The molecule has 2 aromatic heterocycles. The van der Waals surface area contributed by atoms with Crippen molar-refractivity contribution in [2.75, 3.05) is 5.32 Å². The summed E-state index contributed by atoms with van der Waals surface area (Å²) in [7, 11) is 0. The minimum Gasteiger partial charge on any atom is -0.322 e. The highest BCUT2D eigenvalue weighted by molar-refractivity contribution is 7.20. The van der Waals surface area contributed by atoms with Crippen molar-refractivity contribution >= 4 is 46.1 Å². The van der Waals surface area contributed by atoms with E-state index in [0.717, 1.165) is 17.0 Å². The zero-order valence-electron chi connectivity index (χ0n) is 10.3. The lowest BCUT2D eigenvalue weighted by Gasteiger charge is -2.06. The Morgan fingerprint density at radius 3 is 2.81 bits per heavy atom. The molecule has 0 saturated carbocycles. The number of nitrogens with one attached hydrogen (secondary N) is 1. The number of benzene rings is 1. The fourth-order valence-electron chi connectivity index (χ4n) is 1.70. The van der Waals surface area contributed by atoms with Gasteiger partial charge >= 0.3 is 0 Å². The topological polar surface area (TPSA) is 72.7 Å². The second kappa shape index (κ2) is 5.80. The molecule has 9 heteroatoms. The largest absolute Gasteiger partial charge is 0.322 e. The Morgan fingerprint density at radius 2 is 2.14 bits per heavy atom. The van der Waals surface area contributed by atoms with Gasteiger partial charge in [0.05, 0.1) is 15.6 Å². The fraction of sp³-hybridized carbons (Fsp3) is 0. The van der Waals surface area contributed by atoms with Crippen LogP contribution in [0, 0.1) is 0 Å². The maximum absolute atomic E-state index is 12.2. The summed E-state index contributed by atoms with van der Waals surface area (Å²) >= 11 is 12.9. The van der Waals surface area contributed by atoms with Gasteiger partial charge in [0.1, 0.15) is 10.7 Å². The number of carbonyl (C=O) groups excluding carboxylic acids is 1. The molecule has 0 unspecified atom stereocenters. The monoisotopic (exact) mass is 339 g/mol. The molecule has 106 valence electrons. The van der Waals surface area contributed by atoms with Gasteiger partial charge in [-0.1, -0.05) is 29.3 Å². The van der Waals surface area contributed by atoms with Crippen molar-refractivity contribution in [2.24, 2.45) is 0 Å². The molecule has 1 aromatic carbocycles. The highest BCUT2D eigenvalue weighted by atomic mass is 35.5. The average Bonchev–Trinajstić information content (AvgIpc) is 3.08. The van der Waals surface area contributed by atoms with Crippen molar-refractivity contribution in [3.05, 3.63) is 50.9 Å². The number of hydrogen-bond acceptors (Lipinski definition) is 5. The second-order valence-corrected chi connectivity index (χ2v) is 6.28. The third-order valence-electron chi connectivity index (χ3n) is 2.62. The predicted octanol–water partition coefficient (Wildman–Crippen LogP) is 3.28. The van der Waals surface area contributed by atoms with E-state index in [-0.39, 0.29) is 5.91 Å². The van der Waals surface area contributed by atoms with Crippen molar-refractivity contribution in [1.29, 1.82) is 0 Å². The van der Waals surface area contributed by atoms with Gasteiger partial charge in [0.15, 0.2) is 0 Å². The molecule has 0 atom stereocenters. The second-order valence-electron chi connectivity index (χ2n) is 4.00.